The van der Waals surface area contributed by atoms with Gasteiger partial charge in [-0.15, -0.1) is 10.2 Å². The maximum Gasteiger partial charge on any atom is 0.234 e. The minimum atomic E-state index is 0.259. The Bertz CT molecular complexity index is 710. The van der Waals surface area contributed by atoms with Gasteiger partial charge in [0.05, 0.1) is 0 Å². The number of hydrogen-bond donors (Lipinski definition) is 0. The second kappa shape index (κ2) is 4.09. The van der Waals surface area contributed by atoms with Gasteiger partial charge in [0.2, 0.25) is 11.8 Å². The van der Waals surface area contributed by atoms with E-state index in [1.54, 1.807) is 10.8 Å². The van der Waals surface area contributed by atoms with Crippen molar-refractivity contribution >= 4 is 16.3 Å². The Hall–Kier alpha value is -2.35. The lowest BCUT2D eigenvalue weighted by Crippen LogP contribution is -1.96. The Morgan fingerprint density at radius 3 is 3.21 bits per heavy atom. The maximum absolute atomic E-state index is 5.67. The molecule has 1 aliphatic heterocycles. The lowest BCUT2D eigenvalue weighted by Gasteiger charge is -2.04. The molecule has 0 atom stereocenters. The van der Waals surface area contributed by atoms with Gasteiger partial charge in [-0.25, -0.2) is 0 Å². The standard InChI is InChI=1S/C11H8N4O3S/c1-2-8-9(18-6-17-8)3-7(1)16-4-10-14-15-5-12-13-11(15)19-10/h1-3,5H,4,6H2. The fourth-order valence-electron chi connectivity index (χ4n) is 1.77. The van der Waals surface area contributed by atoms with Crippen molar-refractivity contribution in [3.63, 3.8) is 0 Å². The van der Waals surface area contributed by atoms with Gasteiger partial charge in [0.15, 0.2) is 16.5 Å². The molecule has 0 fully saturated rings. The molecule has 0 saturated carbocycles. The molecule has 3 heterocycles. The van der Waals surface area contributed by atoms with Gasteiger partial charge in [-0.05, 0) is 12.1 Å². The SMILES string of the molecule is c1cc2c(cc1OCc1nn3cnnc3s1)OCO2. The molecule has 0 radical (unpaired) electrons. The number of aromatic nitrogens is 4. The van der Waals surface area contributed by atoms with Crippen LogP contribution in [0.2, 0.25) is 0 Å². The zero-order valence-corrected chi connectivity index (χ0v) is 10.5. The highest BCUT2D eigenvalue weighted by molar-refractivity contribution is 7.16. The first-order chi connectivity index (χ1) is 9.38. The van der Waals surface area contributed by atoms with E-state index in [1.807, 2.05) is 18.2 Å². The van der Waals surface area contributed by atoms with E-state index in [9.17, 15) is 0 Å². The highest BCUT2D eigenvalue weighted by Gasteiger charge is 2.14. The van der Waals surface area contributed by atoms with Gasteiger partial charge in [0.25, 0.3) is 0 Å². The Morgan fingerprint density at radius 1 is 1.32 bits per heavy atom. The molecular formula is C11H8N4O3S. The number of benzene rings is 1. The quantitative estimate of drug-likeness (QED) is 0.722. The van der Waals surface area contributed by atoms with Crippen LogP contribution in [0.3, 0.4) is 0 Å². The Labute approximate surface area is 111 Å². The van der Waals surface area contributed by atoms with Crippen molar-refractivity contribution in [3.8, 4) is 17.2 Å². The van der Waals surface area contributed by atoms with Gasteiger partial charge >= 0.3 is 0 Å². The molecule has 96 valence electrons. The lowest BCUT2D eigenvalue weighted by atomic mass is 10.3. The van der Waals surface area contributed by atoms with Gasteiger partial charge in [0, 0.05) is 6.07 Å². The van der Waals surface area contributed by atoms with E-state index < -0.39 is 0 Å². The first kappa shape index (κ1) is 10.6. The fraction of sp³-hybridized carbons (Fsp3) is 0.182. The van der Waals surface area contributed by atoms with Crippen molar-refractivity contribution in [2.45, 2.75) is 6.61 Å². The molecular weight excluding hydrogens is 268 g/mol. The summed E-state index contributed by atoms with van der Waals surface area (Å²) in [6.45, 7) is 0.642. The zero-order valence-electron chi connectivity index (χ0n) is 9.65. The Balaban J connectivity index is 1.51. The molecule has 19 heavy (non-hydrogen) atoms. The summed E-state index contributed by atoms with van der Waals surface area (Å²) in [6.07, 6.45) is 1.57. The van der Waals surface area contributed by atoms with Gasteiger partial charge in [0.1, 0.15) is 18.7 Å². The van der Waals surface area contributed by atoms with Crippen molar-refractivity contribution in [2.24, 2.45) is 0 Å². The van der Waals surface area contributed by atoms with Crippen LogP contribution < -0.4 is 14.2 Å². The zero-order chi connectivity index (χ0) is 12.7. The molecule has 0 N–H and O–H groups in total. The van der Waals surface area contributed by atoms with Crippen LogP contribution in [0.1, 0.15) is 5.01 Å². The molecule has 7 nitrogen and oxygen atoms in total. The third-order valence-electron chi connectivity index (χ3n) is 2.63. The molecule has 0 spiro atoms. The molecule has 3 aromatic rings. The molecule has 2 aromatic heterocycles. The van der Waals surface area contributed by atoms with Crippen molar-refractivity contribution in [2.75, 3.05) is 6.79 Å². The van der Waals surface area contributed by atoms with Crippen LogP contribution in [-0.2, 0) is 6.61 Å². The summed E-state index contributed by atoms with van der Waals surface area (Å²) >= 11 is 1.45. The highest BCUT2D eigenvalue weighted by atomic mass is 32.1. The third kappa shape index (κ3) is 1.85. The van der Waals surface area contributed by atoms with Crippen LogP contribution in [0.15, 0.2) is 24.5 Å². The monoisotopic (exact) mass is 276 g/mol. The molecule has 0 amide bonds. The van der Waals surface area contributed by atoms with E-state index in [0.717, 1.165) is 21.5 Å². The molecule has 0 unspecified atom stereocenters. The summed E-state index contributed by atoms with van der Waals surface area (Å²) in [7, 11) is 0. The normalized spacial score (nSPS) is 13.1. The summed E-state index contributed by atoms with van der Waals surface area (Å²) in [5.74, 6) is 2.16. The molecule has 0 aliphatic carbocycles. The van der Waals surface area contributed by atoms with Crippen molar-refractivity contribution in [3.05, 3.63) is 29.5 Å². The Kier molecular flexibility index (Phi) is 2.27. The molecule has 1 aliphatic rings. The van der Waals surface area contributed by atoms with Crippen LogP contribution in [-0.4, -0.2) is 26.6 Å². The summed E-state index contributed by atoms with van der Waals surface area (Å²) < 4.78 is 17.8. The maximum atomic E-state index is 5.67. The molecule has 0 bridgehead atoms. The van der Waals surface area contributed by atoms with E-state index in [2.05, 4.69) is 15.3 Å². The van der Waals surface area contributed by atoms with Crippen molar-refractivity contribution in [1.29, 1.82) is 0 Å². The molecule has 1 aromatic carbocycles. The van der Waals surface area contributed by atoms with E-state index in [4.69, 9.17) is 14.2 Å². The predicted octanol–water partition coefficient (Wildman–Crippen LogP) is 1.49. The van der Waals surface area contributed by atoms with Crippen molar-refractivity contribution in [1.82, 2.24) is 19.8 Å². The number of fused-ring (bicyclic) bond motifs is 2. The minimum Gasteiger partial charge on any atom is -0.486 e. The van der Waals surface area contributed by atoms with Gasteiger partial charge in [-0.1, -0.05) is 11.3 Å². The predicted molar refractivity (Wildman–Crippen MR) is 65.6 cm³/mol. The smallest absolute Gasteiger partial charge is 0.234 e. The van der Waals surface area contributed by atoms with Crippen molar-refractivity contribution < 1.29 is 14.2 Å². The van der Waals surface area contributed by atoms with Crippen LogP contribution in [0, 0.1) is 0 Å². The summed E-state index contributed by atoms with van der Waals surface area (Å²) in [4.78, 5) is 0.754. The van der Waals surface area contributed by atoms with E-state index in [0.29, 0.717) is 12.4 Å². The lowest BCUT2D eigenvalue weighted by molar-refractivity contribution is 0.173. The molecule has 8 heteroatoms. The average molecular weight is 276 g/mol. The topological polar surface area (TPSA) is 70.8 Å². The van der Waals surface area contributed by atoms with Gasteiger partial charge < -0.3 is 14.2 Å². The van der Waals surface area contributed by atoms with Crippen LogP contribution in [0.4, 0.5) is 0 Å². The second-order valence-corrected chi connectivity index (χ2v) is 4.90. The first-order valence-electron chi connectivity index (χ1n) is 5.57. The Morgan fingerprint density at radius 2 is 2.26 bits per heavy atom. The largest absolute Gasteiger partial charge is 0.486 e. The van der Waals surface area contributed by atoms with Crippen LogP contribution in [0.25, 0.3) is 4.96 Å². The van der Waals surface area contributed by atoms with E-state index >= 15 is 0 Å². The third-order valence-corrected chi connectivity index (χ3v) is 3.52. The van der Waals surface area contributed by atoms with Gasteiger partial charge in [-0.3, -0.25) is 0 Å². The number of hydrogen-bond acceptors (Lipinski definition) is 7. The molecule has 4 rings (SSSR count). The van der Waals surface area contributed by atoms with Crippen LogP contribution >= 0.6 is 11.3 Å². The number of rotatable bonds is 3. The minimum absolute atomic E-state index is 0.259. The number of ether oxygens (including phenoxy) is 3. The number of nitrogens with zero attached hydrogens (tertiary/aromatic N) is 4. The highest BCUT2D eigenvalue weighted by Crippen LogP contribution is 2.35. The fourth-order valence-corrected chi connectivity index (χ4v) is 2.50. The second-order valence-electron chi connectivity index (χ2n) is 3.86. The van der Waals surface area contributed by atoms with E-state index in [1.165, 1.54) is 11.3 Å². The first-order valence-corrected chi connectivity index (χ1v) is 6.38. The summed E-state index contributed by atoms with van der Waals surface area (Å²) in [6, 6.07) is 5.48. The van der Waals surface area contributed by atoms with E-state index in [-0.39, 0.29) is 6.79 Å². The average Bonchev–Trinajstić information content (AvgIpc) is 3.10. The van der Waals surface area contributed by atoms with Gasteiger partial charge in [-0.2, -0.15) is 9.61 Å². The summed E-state index contributed by atoms with van der Waals surface area (Å²) in [5.41, 5.74) is 0. The van der Waals surface area contributed by atoms with Crippen LogP contribution in [0.5, 0.6) is 17.2 Å². The summed E-state index contributed by atoms with van der Waals surface area (Å²) in [5, 5.41) is 12.8. The molecule has 0 saturated heterocycles.